The molecule has 0 saturated carbocycles. The highest BCUT2D eigenvalue weighted by Gasteiger charge is 2.23. The number of aromatic nitrogens is 2. The smallest absolute Gasteiger partial charge is 0.148 e. The minimum absolute atomic E-state index is 0.495. The number of nitrogen functional groups attached to an aromatic ring is 1. The predicted molar refractivity (Wildman–Crippen MR) is 71.1 cm³/mol. The summed E-state index contributed by atoms with van der Waals surface area (Å²) < 4.78 is 1.83. The Balaban J connectivity index is 2.81. The van der Waals surface area contributed by atoms with Crippen LogP contribution in [0.5, 0.6) is 0 Å². The van der Waals surface area contributed by atoms with Crippen molar-refractivity contribution in [1.82, 2.24) is 9.78 Å². The number of hydrogen-bond acceptors (Lipinski definition) is 4. The molecule has 98 valence electrons. The van der Waals surface area contributed by atoms with Crippen LogP contribution in [-0.4, -0.2) is 27.0 Å². The van der Waals surface area contributed by atoms with Gasteiger partial charge in [-0.05, 0) is 26.7 Å². The highest BCUT2D eigenvalue weighted by molar-refractivity contribution is 5.64. The molecule has 1 heterocycles. The van der Waals surface area contributed by atoms with Crippen LogP contribution in [0.1, 0.15) is 39.3 Å². The van der Waals surface area contributed by atoms with Crippen molar-refractivity contribution >= 4 is 11.5 Å². The molecule has 0 aliphatic carbocycles. The second-order valence-corrected chi connectivity index (χ2v) is 4.45. The minimum Gasteiger partial charge on any atom is -0.394 e. The molecule has 0 aliphatic heterocycles. The lowest BCUT2D eigenvalue weighted by atomic mass is 9.98. The maximum Gasteiger partial charge on any atom is 0.148 e. The number of aryl methyl sites for hydroxylation is 2. The topological polar surface area (TPSA) is 76.1 Å². The van der Waals surface area contributed by atoms with E-state index >= 15 is 0 Å². The van der Waals surface area contributed by atoms with Crippen molar-refractivity contribution in [2.75, 3.05) is 17.6 Å². The first-order chi connectivity index (χ1) is 7.97. The summed E-state index contributed by atoms with van der Waals surface area (Å²) in [6.07, 6.45) is 1.44. The Morgan fingerprint density at radius 1 is 1.35 bits per heavy atom. The van der Waals surface area contributed by atoms with Gasteiger partial charge in [0, 0.05) is 13.1 Å². The van der Waals surface area contributed by atoms with E-state index in [1.54, 1.807) is 0 Å². The van der Waals surface area contributed by atoms with Gasteiger partial charge in [-0.3, -0.25) is 0 Å². The largest absolute Gasteiger partial charge is 0.394 e. The van der Waals surface area contributed by atoms with Crippen molar-refractivity contribution in [2.45, 2.75) is 52.7 Å². The van der Waals surface area contributed by atoms with Gasteiger partial charge in [-0.15, -0.1) is 0 Å². The summed E-state index contributed by atoms with van der Waals surface area (Å²) in [5.41, 5.74) is 6.78. The van der Waals surface area contributed by atoms with Gasteiger partial charge in [-0.2, -0.15) is 5.10 Å². The summed E-state index contributed by atoms with van der Waals surface area (Å²) in [5, 5.41) is 17.8. The fraction of sp³-hybridized carbons (Fsp3) is 0.750. The van der Waals surface area contributed by atoms with E-state index in [9.17, 15) is 5.11 Å². The first-order valence-electron chi connectivity index (χ1n) is 6.26. The number of aliphatic hydroxyl groups is 1. The Kier molecular flexibility index (Phi) is 4.40. The number of hydrogen-bond donors (Lipinski definition) is 3. The molecule has 0 aromatic carbocycles. The highest BCUT2D eigenvalue weighted by Crippen LogP contribution is 2.24. The fourth-order valence-electron chi connectivity index (χ4n) is 1.76. The number of anilines is 2. The zero-order valence-corrected chi connectivity index (χ0v) is 11.2. The van der Waals surface area contributed by atoms with Gasteiger partial charge >= 0.3 is 0 Å². The van der Waals surface area contributed by atoms with Gasteiger partial charge in [0.05, 0.1) is 17.0 Å². The van der Waals surface area contributed by atoms with E-state index in [1.165, 1.54) is 0 Å². The summed E-state index contributed by atoms with van der Waals surface area (Å²) in [6.45, 7) is 9.13. The molecule has 0 radical (unpaired) electrons. The van der Waals surface area contributed by atoms with Crippen LogP contribution in [0.15, 0.2) is 0 Å². The molecule has 0 saturated heterocycles. The monoisotopic (exact) mass is 240 g/mol. The number of nitrogens with one attached hydrogen (secondary N) is 1. The number of rotatable bonds is 6. The first-order valence-corrected chi connectivity index (χ1v) is 6.26. The van der Waals surface area contributed by atoms with Gasteiger partial charge in [0.2, 0.25) is 0 Å². The van der Waals surface area contributed by atoms with Crippen LogP contribution in [0.25, 0.3) is 0 Å². The summed E-state index contributed by atoms with van der Waals surface area (Å²) in [6, 6.07) is 0. The molecule has 0 spiro atoms. The third kappa shape index (κ3) is 2.91. The molecule has 0 amide bonds. The van der Waals surface area contributed by atoms with Crippen molar-refractivity contribution in [3.8, 4) is 0 Å². The van der Waals surface area contributed by atoms with E-state index in [1.807, 2.05) is 32.4 Å². The van der Waals surface area contributed by atoms with Crippen molar-refractivity contribution in [3.63, 3.8) is 0 Å². The summed E-state index contributed by atoms with van der Waals surface area (Å²) in [4.78, 5) is 0. The highest BCUT2D eigenvalue weighted by atomic mass is 16.3. The van der Waals surface area contributed by atoms with Gasteiger partial charge in [0.15, 0.2) is 0 Å². The van der Waals surface area contributed by atoms with E-state index in [2.05, 4.69) is 10.4 Å². The molecule has 0 aliphatic rings. The van der Waals surface area contributed by atoms with Crippen LogP contribution in [0.4, 0.5) is 11.5 Å². The lowest BCUT2D eigenvalue weighted by molar-refractivity contribution is 0.0455. The van der Waals surface area contributed by atoms with Crippen LogP contribution in [0, 0.1) is 6.92 Å². The van der Waals surface area contributed by atoms with Gasteiger partial charge < -0.3 is 16.2 Å². The molecular formula is C12H24N4O. The maximum absolute atomic E-state index is 10.2. The van der Waals surface area contributed by atoms with Crippen LogP contribution in [0.2, 0.25) is 0 Å². The first kappa shape index (κ1) is 13.8. The average molecular weight is 240 g/mol. The van der Waals surface area contributed by atoms with Crippen molar-refractivity contribution < 1.29 is 5.11 Å². The summed E-state index contributed by atoms with van der Waals surface area (Å²) in [7, 11) is 0. The lowest BCUT2D eigenvalue weighted by Crippen LogP contribution is -2.36. The molecule has 0 atom stereocenters. The molecule has 5 nitrogen and oxygen atoms in total. The molecule has 1 rings (SSSR count). The molecule has 5 heteroatoms. The Morgan fingerprint density at radius 2 is 1.94 bits per heavy atom. The SMILES string of the molecule is CCn1nc(C)c(N)c1NCC(O)(CC)CC. The molecule has 0 unspecified atom stereocenters. The Labute approximate surface area is 103 Å². The quantitative estimate of drug-likeness (QED) is 0.708. The van der Waals surface area contributed by atoms with Gasteiger partial charge in [-0.1, -0.05) is 13.8 Å². The lowest BCUT2D eigenvalue weighted by Gasteiger charge is -2.26. The molecule has 4 N–H and O–H groups in total. The molecule has 1 aromatic rings. The van der Waals surface area contributed by atoms with Crippen LogP contribution in [0.3, 0.4) is 0 Å². The standard InChI is InChI=1S/C12H24N4O/c1-5-12(17,6-2)8-14-11-10(13)9(4)15-16(11)7-3/h14,17H,5-8,13H2,1-4H3. The minimum atomic E-state index is -0.677. The van der Waals surface area contributed by atoms with Gasteiger partial charge in [0.25, 0.3) is 0 Å². The Morgan fingerprint density at radius 3 is 2.41 bits per heavy atom. The summed E-state index contributed by atoms with van der Waals surface area (Å²) in [5.74, 6) is 0.810. The normalized spacial score (nSPS) is 11.8. The van der Waals surface area contributed by atoms with E-state index in [0.29, 0.717) is 12.2 Å². The van der Waals surface area contributed by atoms with Crippen LogP contribution >= 0.6 is 0 Å². The van der Waals surface area contributed by atoms with Gasteiger partial charge in [-0.25, -0.2) is 4.68 Å². The molecule has 0 bridgehead atoms. The molecular weight excluding hydrogens is 216 g/mol. The third-order valence-electron chi connectivity index (χ3n) is 3.37. The summed E-state index contributed by atoms with van der Waals surface area (Å²) >= 11 is 0. The van der Waals surface area contributed by atoms with E-state index < -0.39 is 5.60 Å². The average Bonchev–Trinajstić information content (AvgIpc) is 2.62. The van der Waals surface area contributed by atoms with Crippen molar-refractivity contribution in [3.05, 3.63) is 5.69 Å². The third-order valence-corrected chi connectivity index (χ3v) is 3.37. The zero-order chi connectivity index (χ0) is 13.1. The molecule has 0 fully saturated rings. The van der Waals surface area contributed by atoms with Crippen LogP contribution < -0.4 is 11.1 Å². The zero-order valence-electron chi connectivity index (χ0n) is 11.2. The maximum atomic E-state index is 10.2. The fourth-order valence-corrected chi connectivity index (χ4v) is 1.76. The number of nitrogens with zero attached hydrogens (tertiary/aromatic N) is 2. The predicted octanol–water partition coefficient (Wildman–Crippen LogP) is 1.76. The Bertz CT molecular complexity index is 369. The Hall–Kier alpha value is -1.23. The van der Waals surface area contributed by atoms with E-state index in [0.717, 1.165) is 30.9 Å². The molecule has 1 aromatic heterocycles. The van der Waals surface area contributed by atoms with Crippen molar-refractivity contribution in [1.29, 1.82) is 0 Å². The van der Waals surface area contributed by atoms with E-state index in [4.69, 9.17) is 5.73 Å². The second kappa shape index (κ2) is 5.40. The second-order valence-electron chi connectivity index (χ2n) is 4.45. The van der Waals surface area contributed by atoms with E-state index in [-0.39, 0.29) is 0 Å². The number of nitrogens with two attached hydrogens (primary N) is 1. The molecule has 17 heavy (non-hydrogen) atoms. The van der Waals surface area contributed by atoms with Gasteiger partial charge in [0.1, 0.15) is 5.82 Å². The van der Waals surface area contributed by atoms with Crippen LogP contribution in [-0.2, 0) is 6.54 Å². The van der Waals surface area contributed by atoms with Crippen molar-refractivity contribution in [2.24, 2.45) is 0 Å².